The standard InChI is InChI=1S/C31H28F3N3O5S/c32-23-6-3-9-27(17-23)43(39,40)36-30(38)22-10-12-24(13-11-22)37(20-21-5-4-16-35-19-21)25-14-15-28(42-31(33)34)29(18-25)41-26-7-1-2-8-26/h3-6,9-19,26,31H,1-2,7-8,20H2,(H,36,38). The summed E-state index contributed by atoms with van der Waals surface area (Å²) in [4.78, 5) is 18.5. The van der Waals surface area contributed by atoms with Gasteiger partial charge in [0.2, 0.25) is 0 Å². The predicted octanol–water partition coefficient (Wildman–Crippen LogP) is 6.60. The number of anilines is 2. The van der Waals surface area contributed by atoms with Crippen molar-refractivity contribution in [3.63, 3.8) is 0 Å². The van der Waals surface area contributed by atoms with Gasteiger partial charge in [0.15, 0.2) is 11.5 Å². The van der Waals surface area contributed by atoms with Crippen LogP contribution in [0.1, 0.15) is 41.6 Å². The Bertz CT molecular complexity index is 1670. The minimum Gasteiger partial charge on any atom is -0.486 e. The molecule has 0 unspecified atom stereocenters. The number of pyridine rings is 1. The second-order valence-electron chi connectivity index (χ2n) is 9.92. The van der Waals surface area contributed by atoms with E-state index in [0.29, 0.717) is 17.9 Å². The Morgan fingerprint density at radius 2 is 1.70 bits per heavy atom. The summed E-state index contributed by atoms with van der Waals surface area (Å²) in [7, 11) is -4.30. The van der Waals surface area contributed by atoms with Crippen molar-refractivity contribution in [1.82, 2.24) is 9.71 Å². The van der Waals surface area contributed by atoms with E-state index in [-0.39, 0.29) is 28.1 Å². The summed E-state index contributed by atoms with van der Waals surface area (Å²) in [5.74, 6) is -1.52. The molecule has 0 saturated heterocycles. The van der Waals surface area contributed by atoms with E-state index >= 15 is 0 Å². The fourth-order valence-electron chi connectivity index (χ4n) is 4.81. The van der Waals surface area contributed by atoms with E-state index < -0.39 is 28.4 Å². The summed E-state index contributed by atoms with van der Waals surface area (Å²) in [5.41, 5.74) is 2.11. The molecule has 0 radical (unpaired) electrons. The van der Waals surface area contributed by atoms with Crippen molar-refractivity contribution in [3.8, 4) is 11.5 Å². The molecule has 0 spiro atoms. The molecular formula is C31H28F3N3O5S. The third-order valence-corrected chi connectivity index (χ3v) is 8.22. The van der Waals surface area contributed by atoms with Gasteiger partial charge in [0.25, 0.3) is 15.9 Å². The summed E-state index contributed by atoms with van der Waals surface area (Å²) >= 11 is 0. The Morgan fingerprint density at radius 3 is 2.37 bits per heavy atom. The number of benzene rings is 3. The fraction of sp³-hybridized carbons (Fsp3) is 0.226. The van der Waals surface area contributed by atoms with Crippen LogP contribution >= 0.6 is 0 Å². The summed E-state index contributed by atoms with van der Waals surface area (Å²) in [5, 5.41) is 0. The minimum atomic E-state index is -4.30. The van der Waals surface area contributed by atoms with Gasteiger partial charge in [-0.3, -0.25) is 9.78 Å². The van der Waals surface area contributed by atoms with E-state index in [1.54, 1.807) is 42.7 Å². The first kappa shape index (κ1) is 29.9. The van der Waals surface area contributed by atoms with Crippen LogP contribution in [0.4, 0.5) is 24.5 Å². The Morgan fingerprint density at radius 1 is 0.953 bits per heavy atom. The molecule has 0 atom stereocenters. The maximum Gasteiger partial charge on any atom is 0.387 e. The van der Waals surface area contributed by atoms with Gasteiger partial charge >= 0.3 is 6.61 Å². The zero-order chi connectivity index (χ0) is 30.4. The molecule has 4 aromatic rings. The molecule has 12 heteroatoms. The molecule has 5 rings (SSSR count). The van der Waals surface area contributed by atoms with E-state index in [1.165, 1.54) is 30.3 Å². The third-order valence-electron chi connectivity index (χ3n) is 6.89. The van der Waals surface area contributed by atoms with Gasteiger partial charge < -0.3 is 14.4 Å². The van der Waals surface area contributed by atoms with Crippen molar-refractivity contribution in [2.75, 3.05) is 4.90 Å². The molecule has 1 fully saturated rings. The normalized spacial score (nSPS) is 13.6. The second kappa shape index (κ2) is 13.2. The molecule has 1 aromatic heterocycles. The van der Waals surface area contributed by atoms with Crippen LogP contribution in [-0.2, 0) is 16.6 Å². The molecule has 1 heterocycles. The lowest BCUT2D eigenvalue weighted by atomic mass is 10.1. The fourth-order valence-corrected chi connectivity index (χ4v) is 5.81. The van der Waals surface area contributed by atoms with E-state index in [9.17, 15) is 26.4 Å². The molecule has 1 amide bonds. The topological polar surface area (TPSA) is 97.8 Å². The van der Waals surface area contributed by atoms with Gasteiger partial charge in [-0.15, -0.1) is 0 Å². The number of rotatable bonds is 11. The average molecular weight is 612 g/mol. The monoisotopic (exact) mass is 611 g/mol. The van der Waals surface area contributed by atoms with Gasteiger partial charge in [-0.1, -0.05) is 12.1 Å². The van der Waals surface area contributed by atoms with Crippen molar-refractivity contribution in [2.45, 2.75) is 49.8 Å². The molecule has 8 nitrogen and oxygen atoms in total. The van der Waals surface area contributed by atoms with Gasteiger partial charge in [0.1, 0.15) is 5.82 Å². The predicted molar refractivity (Wildman–Crippen MR) is 154 cm³/mol. The Kier molecular flexibility index (Phi) is 9.15. The van der Waals surface area contributed by atoms with Gasteiger partial charge in [-0.2, -0.15) is 8.78 Å². The van der Waals surface area contributed by atoms with Gasteiger partial charge in [-0.05, 0) is 91.9 Å². The molecule has 0 aliphatic heterocycles. The SMILES string of the molecule is O=C(NS(=O)(=O)c1cccc(F)c1)c1ccc(N(Cc2cccnc2)c2ccc(OC(F)F)c(OC3CCCC3)c2)cc1. The van der Waals surface area contributed by atoms with Crippen LogP contribution in [-0.4, -0.2) is 32.0 Å². The Hall–Kier alpha value is -4.58. The lowest BCUT2D eigenvalue weighted by Gasteiger charge is -2.27. The summed E-state index contributed by atoms with van der Waals surface area (Å²) in [6, 6.07) is 18.8. The van der Waals surface area contributed by atoms with Crippen molar-refractivity contribution in [2.24, 2.45) is 0 Å². The maximum absolute atomic E-state index is 13.5. The second-order valence-corrected chi connectivity index (χ2v) is 11.6. The number of halogens is 3. The highest BCUT2D eigenvalue weighted by Gasteiger charge is 2.23. The quantitative estimate of drug-likeness (QED) is 0.204. The number of aromatic nitrogens is 1. The number of nitrogens with zero attached hydrogens (tertiary/aromatic N) is 2. The number of hydrogen-bond acceptors (Lipinski definition) is 7. The van der Waals surface area contributed by atoms with Crippen molar-refractivity contribution in [1.29, 1.82) is 0 Å². The lowest BCUT2D eigenvalue weighted by molar-refractivity contribution is -0.0520. The van der Waals surface area contributed by atoms with Crippen LogP contribution in [0.15, 0.2) is 96.2 Å². The first-order valence-electron chi connectivity index (χ1n) is 13.5. The molecule has 1 aliphatic rings. The molecule has 1 N–H and O–H groups in total. The number of alkyl halides is 2. The number of nitrogens with one attached hydrogen (secondary N) is 1. The number of hydrogen-bond donors (Lipinski definition) is 1. The van der Waals surface area contributed by atoms with Gasteiger partial charge in [-0.25, -0.2) is 17.5 Å². The molecule has 1 aliphatic carbocycles. The Balaban J connectivity index is 1.44. The Labute approximate surface area is 247 Å². The lowest BCUT2D eigenvalue weighted by Crippen LogP contribution is -2.30. The molecule has 0 bridgehead atoms. The van der Waals surface area contributed by atoms with E-state index in [4.69, 9.17) is 9.47 Å². The van der Waals surface area contributed by atoms with Crippen LogP contribution in [0.3, 0.4) is 0 Å². The number of carbonyl (C=O) groups is 1. The minimum absolute atomic E-state index is 0.0518. The van der Waals surface area contributed by atoms with Crippen molar-refractivity contribution >= 4 is 27.3 Å². The molecular weight excluding hydrogens is 583 g/mol. The van der Waals surface area contributed by atoms with Crippen LogP contribution in [0.5, 0.6) is 11.5 Å². The van der Waals surface area contributed by atoms with Crippen LogP contribution in [0.25, 0.3) is 0 Å². The maximum atomic E-state index is 13.5. The third kappa shape index (κ3) is 7.63. The van der Waals surface area contributed by atoms with Crippen molar-refractivity contribution < 1.29 is 35.9 Å². The average Bonchev–Trinajstić information content (AvgIpc) is 3.50. The van der Waals surface area contributed by atoms with E-state index in [1.807, 2.05) is 15.7 Å². The van der Waals surface area contributed by atoms with Gasteiger partial charge in [0.05, 0.1) is 11.0 Å². The zero-order valence-corrected chi connectivity index (χ0v) is 23.6. The van der Waals surface area contributed by atoms with Gasteiger partial charge in [0, 0.05) is 41.9 Å². The molecule has 43 heavy (non-hydrogen) atoms. The van der Waals surface area contributed by atoms with E-state index in [2.05, 4.69) is 4.98 Å². The number of carbonyl (C=O) groups excluding carboxylic acids is 1. The molecule has 3 aromatic carbocycles. The highest BCUT2D eigenvalue weighted by molar-refractivity contribution is 7.90. The molecule has 224 valence electrons. The summed E-state index contributed by atoms with van der Waals surface area (Å²) in [6.45, 7) is -2.70. The van der Waals surface area contributed by atoms with Crippen LogP contribution in [0.2, 0.25) is 0 Å². The zero-order valence-electron chi connectivity index (χ0n) is 22.8. The summed E-state index contributed by atoms with van der Waals surface area (Å²) in [6.07, 6.45) is 6.84. The summed E-state index contributed by atoms with van der Waals surface area (Å²) < 4.78 is 77.9. The highest BCUT2D eigenvalue weighted by atomic mass is 32.2. The van der Waals surface area contributed by atoms with Crippen LogP contribution < -0.4 is 19.1 Å². The number of amides is 1. The van der Waals surface area contributed by atoms with Crippen LogP contribution in [0, 0.1) is 5.82 Å². The molecule has 1 saturated carbocycles. The van der Waals surface area contributed by atoms with E-state index in [0.717, 1.165) is 43.4 Å². The number of ether oxygens (including phenoxy) is 2. The smallest absolute Gasteiger partial charge is 0.387 e. The first-order valence-corrected chi connectivity index (χ1v) is 15.0. The van der Waals surface area contributed by atoms with Crippen molar-refractivity contribution in [3.05, 3.63) is 108 Å². The largest absolute Gasteiger partial charge is 0.486 e. The highest BCUT2D eigenvalue weighted by Crippen LogP contribution is 2.38. The first-order chi connectivity index (χ1) is 20.7. The number of sulfonamides is 1.